The van der Waals surface area contributed by atoms with Gasteiger partial charge in [0.2, 0.25) is 0 Å². The molecule has 134 valence electrons. The maximum atomic E-state index is 12.6. The molecule has 0 saturated carbocycles. The number of amides is 1. The van der Waals surface area contributed by atoms with Gasteiger partial charge < -0.3 is 5.32 Å². The Hall–Kier alpha value is -2.80. The zero-order valence-corrected chi connectivity index (χ0v) is 14.1. The number of nitrogens with zero attached hydrogens (tertiary/aromatic N) is 2. The third kappa shape index (κ3) is 4.23. The molecular weight excluding hydrogens is 367 g/mol. The van der Waals surface area contributed by atoms with Crippen LogP contribution in [0.1, 0.15) is 21.6 Å². The molecule has 1 heterocycles. The normalized spacial score (nSPS) is 11.4. The summed E-state index contributed by atoms with van der Waals surface area (Å²) in [6.45, 7) is 0.276. The fourth-order valence-corrected chi connectivity index (χ4v) is 2.49. The summed E-state index contributed by atoms with van der Waals surface area (Å²) >= 11 is 5.85. The van der Waals surface area contributed by atoms with Crippen molar-refractivity contribution in [3.63, 3.8) is 0 Å². The number of carbonyl (C=O) groups is 1. The smallest absolute Gasteiger partial charge is 0.348 e. The van der Waals surface area contributed by atoms with Gasteiger partial charge in [0.25, 0.3) is 5.91 Å². The summed E-state index contributed by atoms with van der Waals surface area (Å²) in [6.07, 6.45) is -3.23. The number of carbonyl (C=O) groups excluding carboxylic acids is 1. The first kappa shape index (κ1) is 18.0. The lowest BCUT2D eigenvalue weighted by molar-refractivity contribution is -0.141. The van der Waals surface area contributed by atoms with Gasteiger partial charge in [-0.25, -0.2) is 4.68 Å². The molecule has 2 aromatic carbocycles. The summed E-state index contributed by atoms with van der Waals surface area (Å²) in [4.78, 5) is 12.1. The van der Waals surface area contributed by atoms with Crippen LogP contribution in [0.3, 0.4) is 0 Å². The highest BCUT2D eigenvalue weighted by Gasteiger charge is 2.33. The summed E-state index contributed by atoms with van der Waals surface area (Å²) in [7, 11) is 0. The third-order valence-electron chi connectivity index (χ3n) is 3.62. The molecule has 3 aromatic rings. The molecule has 0 fully saturated rings. The number of rotatable bonds is 4. The molecule has 1 N–H and O–H groups in total. The molecule has 1 amide bonds. The predicted octanol–water partition coefficient (Wildman–Crippen LogP) is 4.47. The van der Waals surface area contributed by atoms with Gasteiger partial charge in [-0.1, -0.05) is 29.8 Å². The quantitative estimate of drug-likeness (QED) is 0.726. The van der Waals surface area contributed by atoms with Gasteiger partial charge >= 0.3 is 6.18 Å². The molecule has 0 spiro atoms. The highest BCUT2D eigenvalue weighted by atomic mass is 35.5. The molecule has 0 aliphatic rings. The molecule has 0 atom stereocenters. The molecule has 1 aromatic heterocycles. The lowest BCUT2D eigenvalue weighted by atomic mass is 10.2. The monoisotopic (exact) mass is 379 g/mol. The summed E-state index contributed by atoms with van der Waals surface area (Å²) < 4.78 is 38.9. The molecule has 4 nitrogen and oxygen atoms in total. The molecule has 0 aliphatic heterocycles. The van der Waals surface area contributed by atoms with Gasteiger partial charge in [-0.3, -0.25) is 4.79 Å². The van der Waals surface area contributed by atoms with Gasteiger partial charge in [-0.05, 0) is 42.0 Å². The Morgan fingerprint density at radius 3 is 2.46 bits per heavy atom. The van der Waals surface area contributed by atoms with Crippen molar-refractivity contribution in [2.24, 2.45) is 0 Å². The minimum atomic E-state index is -4.48. The number of benzene rings is 2. The second-order valence-corrected chi connectivity index (χ2v) is 5.94. The summed E-state index contributed by atoms with van der Waals surface area (Å²) in [5.74, 6) is -0.265. The van der Waals surface area contributed by atoms with Crippen LogP contribution in [0.2, 0.25) is 5.02 Å². The average Bonchev–Trinajstić information content (AvgIpc) is 3.10. The number of halogens is 4. The molecule has 0 saturated heterocycles. The number of hydrogen-bond acceptors (Lipinski definition) is 2. The highest BCUT2D eigenvalue weighted by Crippen LogP contribution is 2.27. The minimum absolute atomic E-state index is 0.265. The fourth-order valence-electron chi connectivity index (χ4n) is 2.30. The lowest BCUT2D eigenvalue weighted by Gasteiger charge is -2.07. The van der Waals surface area contributed by atoms with Crippen molar-refractivity contribution in [1.82, 2.24) is 15.1 Å². The Morgan fingerprint density at radius 2 is 1.85 bits per heavy atom. The minimum Gasteiger partial charge on any atom is -0.348 e. The number of alkyl halides is 3. The van der Waals surface area contributed by atoms with Crippen LogP contribution in [0.4, 0.5) is 13.2 Å². The zero-order chi connectivity index (χ0) is 18.7. The highest BCUT2D eigenvalue weighted by molar-refractivity contribution is 6.30. The van der Waals surface area contributed by atoms with Crippen molar-refractivity contribution in [1.29, 1.82) is 0 Å². The standard InChI is InChI=1S/C18H13ClF3N3O/c19-14-3-1-2-13(10-14)17(26)23-11-12-4-6-15(7-5-12)25-9-8-16(24-25)18(20,21)22/h1-10H,11H2,(H,23,26). The summed E-state index contributed by atoms with van der Waals surface area (Å²) in [5.41, 5.74) is 0.790. The fraction of sp³-hybridized carbons (Fsp3) is 0.111. The third-order valence-corrected chi connectivity index (χ3v) is 3.86. The number of hydrogen-bond donors (Lipinski definition) is 1. The van der Waals surface area contributed by atoms with Crippen molar-refractivity contribution in [2.75, 3.05) is 0 Å². The van der Waals surface area contributed by atoms with E-state index in [9.17, 15) is 18.0 Å². The van der Waals surface area contributed by atoms with E-state index in [-0.39, 0.29) is 12.5 Å². The molecule has 3 rings (SSSR count). The van der Waals surface area contributed by atoms with E-state index >= 15 is 0 Å². The Labute approximate surface area is 152 Å². The molecule has 0 bridgehead atoms. The van der Waals surface area contributed by atoms with Crippen LogP contribution in [-0.4, -0.2) is 15.7 Å². The van der Waals surface area contributed by atoms with Crippen LogP contribution in [0, 0.1) is 0 Å². The Bertz CT molecular complexity index is 920. The van der Waals surface area contributed by atoms with E-state index in [2.05, 4.69) is 10.4 Å². The maximum absolute atomic E-state index is 12.6. The largest absolute Gasteiger partial charge is 0.435 e. The van der Waals surface area contributed by atoms with Crippen LogP contribution >= 0.6 is 11.6 Å². The predicted molar refractivity (Wildman–Crippen MR) is 91.2 cm³/mol. The average molecular weight is 380 g/mol. The van der Waals surface area contributed by atoms with Crippen molar-refractivity contribution in [3.05, 3.63) is 82.6 Å². The van der Waals surface area contributed by atoms with Crippen molar-refractivity contribution >= 4 is 17.5 Å². The first-order chi connectivity index (χ1) is 12.3. The van der Waals surface area contributed by atoms with Crippen molar-refractivity contribution in [3.8, 4) is 5.69 Å². The van der Waals surface area contributed by atoms with Crippen LogP contribution in [0.25, 0.3) is 5.69 Å². The van der Waals surface area contributed by atoms with E-state index in [0.717, 1.165) is 16.3 Å². The van der Waals surface area contributed by atoms with E-state index in [1.165, 1.54) is 6.20 Å². The van der Waals surface area contributed by atoms with Crippen LogP contribution in [-0.2, 0) is 12.7 Å². The van der Waals surface area contributed by atoms with Crippen LogP contribution < -0.4 is 5.32 Å². The zero-order valence-electron chi connectivity index (χ0n) is 13.3. The Balaban J connectivity index is 1.64. The molecular formula is C18H13ClF3N3O. The van der Waals surface area contributed by atoms with Gasteiger partial charge in [0.15, 0.2) is 5.69 Å². The van der Waals surface area contributed by atoms with E-state index in [0.29, 0.717) is 16.3 Å². The number of nitrogens with one attached hydrogen (secondary N) is 1. The van der Waals surface area contributed by atoms with E-state index in [4.69, 9.17) is 11.6 Å². The second kappa shape index (κ2) is 7.21. The maximum Gasteiger partial charge on any atom is 0.435 e. The van der Waals surface area contributed by atoms with Crippen molar-refractivity contribution in [2.45, 2.75) is 12.7 Å². The van der Waals surface area contributed by atoms with Gasteiger partial charge in [-0.15, -0.1) is 0 Å². The van der Waals surface area contributed by atoms with E-state index in [1.807, 2.05) is 0 Å². The van der Waals surface area contributed by atoms with Gasteiger partial charge in [-0.2, -0.15) is 18.3 Å². The second-order valence-electron chi connectivity index (χ2n) is 5.50. The Morgan fingerprint density at radius 1 is 1.12 bits per heavy atom. The van der Waals surface area contributed by atoms with Gasteiger partial charge in [0.05, 0.1) is 5.69 Å². The first-order valence-electron chi connectivity index (χ1n) is 7.59. The summed E-state index contributed by atoms with van der Waals surface area (Å²) in [6, 6.07) is 14.2. The molecule has 0 radical (unpaired) electrons. The Kier molecular flexibility index (Phi) is 4.99. The van der Waals surface area contributed by atoms with Crippen LogP contribution in [0.5, 0.6) is 0 Å². The first-order valence-corrected chi connectivity index (χ1v) is 7.97. The van der Waals surface area contributed by atoms with Gasteiger partial charge in [0, 0.05) is 23.3 Å². The molecule has 0 unspecified atom stereocenters. The molecule has 8 heteroatoms. The SMILES string of the molecule is O=C(NCc1ccc(-n2ccc(C(F)(F)F)n2)cc1)c1cccc(Cl)c1. The lowest BCUT2D eigenvalue weighted by Crippen LogP contribution is -2.22. The van der Waals surface area contributed by atoms with Crippen LogP contribution in [0.15, 0.2) is 60.8 Å². The van der Waals surface area contributed by atoms with Gasteiger partial charge in [0.1, 0.15) is 0 Å². The van der Waals surface area contributed by atoms with E-state index in [1.54, 1.807) is 48.5 Å². The molecule has 26 heavy (non-hydrogen) atoms. The topological polar surface area (TPSA) is 46.9 Å². The summed E-state index contributed by atoms with van der Waals surface area (Å²) in [5, 5.41) is 6.74. The van der Waals surface area contributed by atoms with Crippen molar-refractivity contribution < 1.29 is 18.0 Å². The van der Waals surface area contributed by atoms with E-state index < -0.39 is 11.9 Å². The number of aromatic nitrogens is 2. The molecule has 0 aliphatic carbocycles.